The molecule has 1 unspecified atom stereocenters. The van der Waals surface area contributed by atoms with Crippen LogP contribution in [0.15, 0.2) is 0 Å². The van der Waals surface area contributed by atoms with E-state index in [9.17, 15) is 0 Å². The van der Waals surface area contributed by atoms with Crippen LogP contribution in [0.1, 0.15) is 26.2 Å². The summed E-state index contributed by atoms with van der Waals surface area (Å²) in [7, 11) is 4.30. The molecule has 1 rings (SSSR count). The Morgan fingerprint density at radius 1 is 1.33 bits per heavy atom. The lowest BCUT2D eigenvalue weighted by Gasteiger charge is -2.35. The monoisotopic (exact) mass is 213 g/mol. The summed E-state index contributed by atoms with van der Waals surface area (Å²) in [5.74, 6) is 0. The van der Waals surface area contributed by atoms with Crippen molar-refractivity contribution in [1.29, 1.82) is 0 Å². The van der Waals surface area contributed by atoms with Crippen LogP contribution in [0.3, 0.4) is 0 Å². The first-order valence-corrected chi connectivity index (χ1v) is 6.33. The molecule has 1 aliphatic heterocycles. The van der Waals surface area contributed by atoms with E-state index in [0.29, 0.717) is 0 Å². The third kappa shape index (κ3) is 4.96. The molecular weight excluding hydrogens is 186 g/mol. The quantitative estimate of drug-likeness (QED) is 0.664. The molecule has 0 aromatic rings. The van der Waals surface area contributed by atoms with Gasteiger partial charge >= 0.3 is 0 Å². The summed E-state index contributed by atoms with van der Waals surface area (Å²) in [6.07, 6.45) is 3.95. The number of nitrogens with one attached hydrogen (secondary N) is 1. The molecule has 90 valence electrons. The van der Waals surface area contributed by atoms with E-state index >= 15 is 0 Å². The standard InChI is InChI=1S/C12H27N3/c1-4-12-11-13-7-10-15(12)9-6-5-8-14(2)3/h12-13H,4-11H2,1-3H3. The molecule has 1 saturated heterocycles. The summed E-state index contributed by atoms with van der Waals surface area (Å²) < 4.78 is 0. The van der Waals surface area contributed by atoms with Crippen molar-refractivity contribution in [3.05, 3.63) is 0 Å². The predicted molar refractivity (Wildman–Crippen MR) is 66.3 cm³/mol. The first-order valence-electron chi connectivity index (χ1n) is 6.33. The minimum absolute atomic E-state index is 0.776. The van der Waals surface area contributed by atoms with Gasteiger partial charge in [0.15, 0.2) is 0 Å². The molecule has 1 aliphatic rings. The molecule has 1 atom stereocenters. The molecule has 0 aromatic heterocycles. The summed E-state index contributed by atoms with van der Waals surface area (Å²) in [5, 5.41) is 3.47. The van der Waals surface area contributed by atoms with Crippen molar-refractivity contribution >= 4 is 0 Å². The highest BCUT2D eigenvalue weighted by atomic mass is 15.2. The Balaban J connectivity index is 2.12. The van der Waals surface area contributed by atoms with E-state index in [1.54, 1.807) is 0 Å². The van der Waals surface area contributed by atoms with Crippen molar-refractivity contribution in [1.82, 2.24) is 15.1 Å². The van der Waals surface area contributed by atoms with Gasteiger partial charge in [-0.15, -0.1) is 0 Å². The average molecular weight is 213 g/mol. The summed E-state index contributed by atoms with van der Waals surface area (Å²) in [6, 6.07) is 0.776. The molecule has 1 N–H and O–H groups in total. The van der Waals surface area contributed by atoms with Gasteiger partial charge in [0.1, 0.15) is 0 Å². The number of nitrogens with zero attached hydrogens (tertiary/aromatic N) is 2. The lowest BCUT2D eigenvalue weighted by atomic mass is 10.1. The zero-order chi connectivity index (χ0) is 11.1. The van der Waals surface area contributed by atoms with Crippen molar-refractivity contribution in [3.63, 3.8) is 0 Å². The molecule has 3 heteroatoms. The zero-order valence-electron chi connectivity index (χ0n) is 10.6. The minimum atomic E-state index is 0.776. The third-order valence-electron chi connectivity index (χ3n) is 3.24. The lowest BCUT2D eigenvalue weighted by molar-refractivity contribution is 0.153. The van der Waals surface area contributed by atoms with E-state index in [4.69, 9.17) is 0 Å². The van der Waals surface area contributed by atoms with Gasteiger partial charge in [-0.1, -0.05) is 6.92 Å². The number of hydrogen-bond acceptors (Lipinski definition) is 3. The Kier molecular flexibility index (Phi) is 6.22. The van der Waals surface area contributed by atoms with Crippen LogP contribution < -0.4 is 5.32 Å². The third-order valence-corrected chi connectivity index (χ3v) is 3.24. The second-order valence-electron chi connectivity index (χ2n) is 4.81. The molecule has 0 spiro atoms. The summed E-state index contributed by atoms with van der Waals surface area (Å²) in [5.41, 5.74) is 0. The smallest absolute Gasteiger partial charge is 0.0218 e. The molecule has 3 nitrogen and oxygen atoms in total. The highest BCUT2D eigenvalue weighted by molar-refractivity contribution is 4.78. The molecule has 0 aromatic carbocycles. The Morgan fingerprint density at radius 3 is 2.80 bits per heavy atom. The van der Waals surface area contributed by atoms with Gasteiger partial charge in [0.2, 0.25) is 0 Å². The largest absolute Gasteiger partial charge is 0.314 e. The Bertz CT molecular complexity index is 159. The molecule has 1 heterocycles. The van der Waals surface area contributed by atoms with Gasteiger partial charge in [0.25, 0.3) is 0 Å². The van der Waals surface area contributed by atoms with Crippen molar-refractivity contribution in [2.75, 3.05) is 46.8 Å². The molecule has 0 saturated carbocycles. The Hall–Kier alpha value is -0.120. The maximum absolute atomic E-state index is 3.47. The lowest BCUT2D eigenvalue weighted by Crippen LogP contribution is -2.51. The van der Waals surface area contributed by atoms with Gasteiger partial charge in [-0.25, -0.2) is 0 Å². The zero-order valence-corrected chi connectivity index (χ0v) is 10.6. The molecule has 0 radical (unpaired) electrons. The maximum Gasteiger partial charge on any atom is 0.0218 e. The summed E-state index contributed by atoms with van der Waals surface area (Å²) >= 11 is 0. The van der Waals surface area contributed by atoms with Crippen LogP contribution in [0.2, 0.25) is 0 Å². The number of rotatable bonds is 6. The van der Waals surface area contributed by atoms with Gasteiger partial charge in [-0.3, -0.25) is 4.90 Å². The first-order chi connectivity index (χ1) is 7.24. The minimum Gasteiger partial charge on any atom is -0.314 e. The van der Waals surface area contributed by atoms with Gasteiger partial charge in [-0.05, 0) is 46.4 Å². The van der Waals surface area contributed by atoms with Gasteiger partial charge in [-0.2, -0.15) is 0 Å². The summed E-state index contributed by atoms with van der Waals surface area (Å²) in [6.45, 7) is 8.40. The van der Waals surface area contributed by atoms with E-state index in [2.05, 4.69) is 36.1 Å². The summed E-state index contributed by atoms with van der Waals surface area (Å²) in [4.78, 5) is 4.93. The highest BCUT2D eigenvalue weighted by Crippen LogP contribution is 2.08. The van der Waals surface area contributed by atoms with Crippen LogP contribution in [0.5, 0.6) is 0 Å². The van der Waals surface area contributed by atoms with Crippen LogP contribution in [-0.2, 0) is 0 Å². The van der Waals surface area contributed by atoms with Crippen LogP contribution in [0, 0.1) is 0 Å². The van der Waals surface area contributed by atoms with E-state index in [-0.39, 0.29) is 0 Å². The Labute approximate surface area is 94.8 Å². The van der Waals surface area contributed by atoms with Crippen LogP contribution in [-0.4, -0.2) is 62.7 Å². The van der Waals surface area contributed by atoms with Crippen LogP contribution in [0.4, 0.5) is 0 Å². The van der Waals surface area contributed by atoms with E-state index in [0.717, 1.165) is 6.04 Å². The van der Waals surface area contributed by atoms with Crippen LogP contribution in [0.25, 0.3) is 0 Å². The van der Waals surface area contributed by atoms with Crippen LogP contribution >= 0.6 is 0 Å². The maximum atomic E-state index is 3.47. The number of hydrogen-bond donors (Lipinski definition) is 1. The Morgan fingerprint density at radius 2 is 2.13 bits per heavy atom. The normalized spacial score (nSPS) is 23.6. The van der Waals surface area contributed by atoms with Crippen molar-refractivity contribution in [2.45, 2.75) is 32.2 Å². The number of piperazine rings is 1. The highest BCUT2D eigenvalue weighted by Gasteiger charge is 2.19. The average Bonchev–Trinajstić information content (AvgIpc) is 2.24. The SMILES string of the molecule is CCC1CNCCN1CCCCN(C)C. The second kappa shape index (κ2) is 7.20. The molecule has 0 amide bonds. The van der Waals surface area contributed by atoms with Gasteiger partial charge < -0.3 is 10.2 Å². The van der Waals surface area contributed by atoms with E-state index in [1.165, 1.54) is 52.0 Å². The molecular formula is C12H27N3. The molecule has 1 fully saturated rings. The first kappa shape index (κ1) is 12.9. The van der Waals surface area contributed by atoms with Gasteiger partial charge in [0.05, 0.1) is 0 Å². The predicted octanol–water partition coefficient (Wildman–Crippen LogP) is 1.01. The van der Waals surface area contributed by atoms with E-state index in [1.807, 2.05) is 0 Å². The number of unbranched alkanes of at least 4 members (excludes halogenated alkanes) is 1. The molecule has 0 bridgehead atoms. The van der Waals surface area contributed by atoms with Crippen molar-refractivity contribution in [2.24, 2.45) is 0 Å². The molecule has 0 aliphatic carbocycles. The van der Waals surface area contributed by atoms with Gasteiger partial charge in [0, 0.05) is 25.7 Å². The fraction of sp³-hybridized carbons (Fsp3) is 1.00. The fourth-order valence-corrected chi connectivity index (χ4v) is 2.24. The second-order valence-corrected chi connectivity index (χ2v) is 4.81. The van der Waals surface area contributed by atoms with Crippen molar-refractivity contribution < 1.29 is 0 Å². The van der Waals surface area contributed by atoms with E-state index < -0.39 is 0 Å². The topological polar surface area (TPSA) is 18.5 Å². The molecule has 15 heavy (non-hydrogen) atoms. The fourth-order valence-electron chi connectivity index (χ4n) is 2.24. The van der Waals surface area contributed by atoms with Crippen molar-refractivity contribution in [3.8, 4) is 0 Å².